The number of methoxy groups -OCH3 is 2. The number of hydrogen-bond acceptors (Lipinski definition) is 9. The lowest BCUT2D eigenvalue weighted by Crippen LogP contribution is -2.44. The topological polar surface area (TPSA) is 108 Å². The van der Waals surface area contributed by atoms with Crippen LogP contribution in [0.3, 0.4) is 0 Å². The smallest absolute Gasteiger partial charge is 0.239 e. The summed E-state index contributed by atoms with van der Waals surface area (Å²) in [4.78, 5) is 18.2. The number of nitrogens with zero attached hydrogens (tertiary/aromatic N) is 5. The van der Waals surface area contributed by atoms with E-state index < -0.39 is 0 Å². The summed E-state index contributed by atoms with van der Waals surface area (Å²) in [5, 5.41) is 9.22. The number of β-lactam (4-membered cyclic amide) rings is 1. The summed E-state index contributed by atoms with van der Waals surface area (Å²) in [5.74, 6) is 3.40. The number of carbonyl (C=O) groups is 1. The second-order valence-corrected chi connectivity index (χ2v) is 9.12. The monoisotopic (exact) mass is 526 g/mol. The van der Waals surface area contributed by atoms with Gasteiger partial charge in [0.25, 0.3) is 0 Å². The van der Waals surface area contributed by atoms with Crippen LogP contribution in [-0.2, 0) is 11.2 Å². The van der Waals surface area contributed by atoms with Crippen molar-refractivity contribution in [3.63, 3.8) is 0 Å². The lowest BCUT2D eigenvalue weighted by Gasteiger charge is -2.32. The first-order valence-electron chi connectivity index (χ1n) is 11.1. The van der Waals surface area contributed by atoms with Crippen LogP contribution in [0.2, 0.25) is 5.02 Å². The first-order valence-corrected chi connectivity index (χ1v) is 12.5. The standard InChI is InChI=1S/C24H23ClN6O4S/c1-33-18-5-3-6-19(34-2)22(18)31-23(20-7-4-11-35-20)27-28-24(31)29-36-12-9-16-17(13-15(25)14-26-16)30-10-8-21(30)32/h3-7,11,13-14H,8-10,12H2,1-2H3,(H,28,29). The average molecular weight is 527 g/mol. The summed E-state index contributed by atoms with van der Waals surface area (Å²) in [6.45, 7) is 0.679. The number of amides is 1. The van der Waals surface area contributed by atoms with E-state index in [-0.39, 0.29) is 5.91 Å². The van der Waals surface area contributed by atoms with Gasteiger partial charge in [0.05, 0.1) is 36.9 Å². The molecule has 4 aromatic rings. The number of pyridine rings is 1. The minimum Gasteiger partial charge on any atom is -0.494 e. The number of hydrogen-bond donors (Lipinski definition) is 1. The third kappa shape index (κ3) is 4.59. The van der Waals surface area contributed by atoms with Crippen molar-refractivity contribution in [1.82, 2.24) is 19.7 Å². The predicted molar refractivity (Wildman–Crippen MR) is 138 cm³/mol. The van der Waals surface area contributed by atoms with Crippen LogP contribution in [0, 0.1) is 0 Å². The molecular formula is C24H23ClN6O4S. The fourth-order valence-corrected chi connectivity index (χ4v) is 4.71. The zero-order valence-corrected chi connectivity index (χ0v) is 21.2. The van der Waals surface area contributed by atoms with Gasteiger partial charge < -0.3 is 18.8 Å². The average Bonchev–Trinajstić information content (AvgIpc) is 3.56. The van der Waals surface area contributed by atoms with E-state index in [9.17, 15) is 4.79 Å². The Morgan fingerprint density at radius 2 is 1.97 bits per heavy atom. The molecule has 0 spiro atoms. The minimum absolute atomic E-state index is 0.0791. The molecule has 1 amide bonds. The van der Waals surface area contributed by atoms with E-state index in [1.165, 1.54) is 11.9 Å². The van der Waals surface area contributed by atoms with Crippen molar-refractivity contribution < 1.29 is 18.7 Å². The lowest BCUT2D eigenvalue weighted by molar-refractivity contribution is -0.122. The number of halogens is 1. The van der Waals surface area contributed by atoms with Gasteiger partial charge in [-0.2, -0.15) is 0 Å². The number of nitrogens with one attached hydrogen (secondary N) is 1. The summed E-state index contributed by atoms with van der Waals surface area (Å²) in [7, 11) is 3.19. The molecule has 10 nitrogen and oxygen atoms in total. The van der Waals surface area contributed by atoms with Crippen LogP contribution in [-0.4, -0.2) is 52.2 Å². The number of furan rings is 1. The fourth-order valence-electron chi connectivity index (χ4n) is 3.90. The summed E-state index contributed by atoms with van der Waals surface area (Å²) >= 11 is 7.57. The van der Waals surface area contributed by atoms with E-state index in [1.807, 2.05) is 24.3 Å². The third-order valence-electron chi connectivity index (χ3n) is 5.69. The van der Waals surface area contributed by atoms with Crippen LogP contribution in [0.4, 0.5) is 11.6 Å². The summed E-state index contributed by atoms with van der Waals surface area (Å²) in [5.41, 5.74) is 2.22. The predicted octanol–water partition coefficient (Wildman–Crippen LogP) is 4.63. The molecule has 36 heavy (non-hydrogen) atoms. The van der Waals surface area contributed by atoms with E-state index in [2.05, 4.69) is 19.9 Å². The maximum absolute atomic E-state index is 12.0. The second kappa shape index (κ2) is 10.5. The second-order valence-electron chi connectivity index (χ2n) is 7.79. The number of para-hydroxylation sites is 1. The van der Waals surface area contributed by atoms with Crippen LogP contribution < -0.4 is 19.1 Å². The van der Waals surface area contributed by atoms with Crippen LogP contribution in [0.1, 0.15) is 12.1 Å². The molecule has 5 rings (SSSR count). The molecule has 0 radical (unpaired) electrons. The first kappa shape index (κ1) is 24.0. The Hall–Kier alpha value is -3.70. The maximum Gasteiger partial charge on any atom is 0.239 e. The first-order chi connectivity index (χ1) is 17.6. The molecule has 186 valence electrons. The van der Waals surface area contributed by atoms with Crippen molar-refractivity contribution in [3.8, 4) is 28.8 Å². The molecule has 0 atom stereocenters. The minimum atomic E-state index is 0.0791. The van der Waals surface area contributed by atoms with E-state index in [1.54, 1.807) is 48.3 Å². The molecule has 1 aliphatic rings. The number of anilines is 2. The SMILES string of the molecule is COc1cccc(OC)c1-n1c(NSCCc2ncc(Cl)cc2N2CCC2=O)nnc1-c1ccco1. The van der Waals surface area contributed by atoms with Gasteiger partial charge >= 0.3 is 0 Å². The molecule has 1 fully saturated rings. The Labute approximate surface area is 216 Å². The van der Waals surface area contributed by atoms with Gasteiger partial charge in [-0.1, -0.05) is 17.7 Å². The molecule has 1 aromatic carbocycles. The third-order valence-corrected chi connectivity index (χ3v) is 6.63. The Bertz CT molecular complexity index is 1350. The Morgan fingerprint density at radius 3 is 2.61 bits per heavy atom. The van der Waals surface area contributed by atoms with Crippen molar-refractivity contribution in [1.29, 1.82) is 0 Å². The van der Waals surface area contributed by atoms with Gasteiger partial charge in [0, 0.05) is 31.3 Å². The van der Waals surface area contributed by atoms with E-state index in [4.69, 9.17) is 25.5 Å². The number of carbonyl (C=O) groups excluding carboxylic acids is 1. The number of ether oxygens (including phenoxy) is 2. The van der Waals surface area contributed by atoms with Gasteiger partial charge in [0.2, 0.25) is 17.7 Å². The highest BCUT2D eigenvalue weighted by Gasteiger charge is 2.28. The lowest BCUT2D eigenvalue weighted by atomic mass is 10.1. The number of benzene rings is 1. The number of aryl methyl sites for hydroxylation is 1. The van der Waals surface area contributed by atoms with Crippen molar-refractivity contribution in [2.75, 3.05) is 36.1 Å². The number of aromatic nitrogens is 4. The molecule has 3 aromatic heterocycles. The van der Waals surface area contributed by atoms with Crippen LogP contribution >= 0.6 is 23.5 Å². The molecule has 0 saturated carbocycles. The van der Waals surface area contributed by atoms with Gasteiger partial charge in [0.1, 0.15) is 17.2 Å². The molecule has 1 saturated heterocycles. The normalized spacial score (nSPS) is 13.0. The van der Waals surface area contributed by atoms with Crippen molar-refractivity contribution >= 4 is 41.1 Å². The van der Waals surface area contributed by atoms with Crippen molar-refractivity contribution in [2.24, 2.45) is 0 Å². The quantitative estimate of drug-likeness (QED) is 0.180. The molecule has 0 bridgehead atoms. The summed E-state index contributed by atoms with van der Waals surface area (Å²) < 4.78 is 21.9. The van der Waals surface area contributed by atoms with E-state index in [0.29, 0.717) is 64.9 Å². The van der Waals surface area contributed by atoms with E-state index >= 15 is 0 Å². The molecule has 0 aliphatic carbocycles. The summed E-state index contributed by atoms with van der Waals surface area (Å²) in [6.07, 6.45) is 4.34. The van der Waals surface area contributed by atoms with Crippen molar-refractivity contribution in [2.45, 2.75) is 12.8 Å². The largest absolute Gasteiger partial charge is 0.494 e. The highest BCUT2D eigenvalue weighted by atomic mass is 35.5. The van der Waals surface area contributed by atoms with Crippen LogP contribution in [0.15, 0.2) is 53.3 Å². The molecule has 0 unspecified atom stereocenters. The Morgan fingerprint density at radius 1 is 1.17 bits per heavy atom. The molecular weight excluding hydrogens is 504 g/mol. The molecule has 12 heteroatoms. The number of rotatable bonds is 10. The van der Waals surface area contributed by atoms with Gasteiger partial charge in [-0.25, -0.2) is 0 Å². The highest BCUT2D eigenvalue weighted by molar-refractivity contribution is 8.00. The zero-order valence-electron chi connectivity index (χ0n) is 19.6. The van der Waals surface area contributed by atoms with Gasteiger partial charge in [-0.15, -0.1) is 10.2 Å². The van der Waals surface area contributed by atoms with Gasteiger partial charge in [-0.3, -0.25) is 19.1 Å². The zero-order chi connectivity index (χ0) is 25.1. The highest BCUT2D eigenvalue weighted by Crippen LogP contribution is 2.38. The van der Waals surface area contributed by atoms with Crippen molar-refractivity contribution in [3.05, 3.63) is 59.6 Å². The summed E-state index contributed by atoms with van der Waals surface area (Å²) in [6, 6.07) is 10.9. The fraction of sp³-hybridized carbons (Fsp3) is 0.250. The Balaban J connectivity index is 1.39. The van der Waals surface area contributed by atoms with Crippen LogP contribution in [0.25, 0.3) is 17.3 Å². The molecule has 4 heterocycles. The Kier molecular flexibility index (Phi) is 7.01. The maximum atomic E-state index is 12.0. The molecule has 1 N–H and O–H groups in total. The van der Waals surface area contributed by atoms with Gasteiger partial charge in [-0.05, 0) is 42.3 Å². The van der Waals surface area contributed by atoms with Crippen LogP contribution in [0.5, 0.6) is 11.5 Å². The molecule has 1 aliphatic heterocycles. The van der Waals surface area contributed by atoms with E-state index in [0.717, 1.165) is 11.4 Å². The van der Waals surface area contributed by atoms with Gasteiger partial charge in [0.15, 0.2) is 5.76 Å².